The van der Waals surface area contributed by atoms with Crippen LogP contribution in [-0.2, 0) is 11.0 Å². The molecule has 1 fully saturated rings. The van der Waals surface area contributed by atoms with Crippen LogP contribution >= 0.6 is 0 Å². The first-order valence-electron chi connectivity index (χ1n) is 9.77. The molecule has 1 saturated carbocycles. The summed E-state index contributed by atoms with van der Waals surface area (Å²) in [5.74, 6) is -0.714. The molecule has 0 radical (unpaired) electrons. The minimum Gasteiger partial charge on any atom is -0.381 e. The van der Waals surface area contributed by atoms with Gasteiger partial charge in [-0.25, -0.2) is 9.97 Å². The number of halogens is 3. The van der Waals surface area contributed by atoms with Gasteiger partial charge in [0.2, 0.25) is 5.91 Å². The van der Waals surface area contributed by atoms with Crippen molar-refractivity contribution >= 4 is 29.1 Å². The predicted octanol–water partition coefficient (Wildman–Crippen LogP) is 3.05. The molecule has 2 aromatic rings. The minimum atomic E-state index is -4.48. The first-order valence-corrected chi connectivity index (χ1v) is 9.77. The summed E-state index contributed by atoms with van der Waals surface area (Å²) in [5.41, 5.74) is 5.37. The number of nitrogens with one attached hydrogen (secondary N) is 3. The van der Waals surface area contributed by atoms with Crippen LogP contribution in [0.3, 0.4) is 0 Å². The molecule has 0 bridgehead atoms. The first kappa shape index (κ1) is 22.3. The van der Waals surface area contributed by atoms with E-state index in [0.717, 1.165) is 25.1 Å². The van der Waals surface area contributed by atoms with Crippen molar-refractivity contribution in [1.82, 2.24) is 15.3 Å². The van der Waals surface area contributed by atoms with E-state index in [-0.39, 0.29) is 35.1 Å². The Labute approximate surface area is 176 Å². The number of carbonyl (C=O) groups is 2. The van der Waals surface area contributed by atoms with Crippen molar-refractivity contribution in [3.8, 4) is 0 Å². The Bertz CT molecular complexity index is 949. The van der Waals surface area contributed by atoms with E-state index in [0.29, 0.717) is 18.5 Å². The van der Waals surface area contributed by atoms with E-state index < -0.39 is 17.6 Å². The van der Waals surface area contributed by atoms with Gasteiger partial charge in [-0.1, -0.05) is 12.8 Å². The minimum absolute atomic E-state index is 0.159. The second-order valence-electron chi connectivity index (χ2n) is 7.29. The molecule has 2 amide bonds. The van der Waals surface area contributed by atoms with Crippen molar-refractivity contribution < 1.29 is 22.8 Å². The van der Waals surface area contributed by atoms with E-state index in [4.69, 9.17) is 5.73 Å². The number of anilines is 3. The molecule has 8 nitrogen and oxygen atoms in total. The summed E-state index contributed by atoms with van der Waals surface area (Å²) in [6, 6.07) is 3.41. The lowest BCUT2D eigenvalue weighted by atomic mass is 9.84. The highest BCUT2D eigenvalue weighted by atomic mass is 19.4. The van der Waals surface area contributed by atoms with Gasteiger partial charge in [-0.2, -0.15) is 13.2 Å². The average Bonchev–Trinajstić information content (AvgIpc) is 2.73. The summed E-state index contributed by atoms with van der Waals surface area (Å²) < 4.78 is 38.1. The number of hydrogen-bond acceptors (Lipinski definition) is 6. The molecule has 2 atom stereocenters. The number of carbonyl (C=O) groups excluding carboxylic acids is 2. The number of primary amides is 1. The number of alkyl halides is 3. The summed E-state index contributed by atoms with van der Waals surface area (Å²) >= 11 is 0. The van der Waals surface area contributed by atoms with Crippen LogP contribution in [0.15, 0.2) is 30.6 Å². The second kappa shape index (κ2) is 9.19. The van der Waals surface area contributed by atoms with Crippen LogP contribution in [0.5, 0.6) is 0 Å². The lowest BCUT2D eigenvalue weighted by Gasteiger charge is -2.31. The first-order chi connectivity index (χ1) is 14.7. The molecule has 0 unspecified atom stereocenters. The number of nitrogens with zero attached hydrogens (tertiary/aromatic N) is 2. The molecule has 31 heavy (non-hydrogen) atoms. The third-order valence-corrected chi connectivity index (χ3v) is 5.19. The number of rotatable bonds is 6. The smallest absolute Gasteiger partial charge is 0.381 e. The molecule has 3 rings (SSSR count). The van der Waals surface area contributed by atoms with Crippen LogP contribution in [0.2, 0.25) is 0 Å². The zero-order chi connectivity index (χ0) is 22.6. The Hall–Kier alpha value is -3.37. The molecule has 1 aliphatic rings. The van der Waals surface area contributed by atoms with Crippen molar-refractivity contribution in [3.05, 3.63) is 41.7 Å². The maximum atomic E-state index is 12.7. The molecule has 0 aromatic carbocycles. The number of hydrogen-bond donors (Lipinski definition) is 4. The monoisotopic (exact) mass is 436 g/mol. The topological polar surface area (TPSA) is 122 Å². The fourth-order valence-electron chi connectivity index (χ4n) is 3.57. The molecule has 0 saturated heterocycles. The maximum Gasteiger partial charge on any atom is 0.417 e. The van der Waals surface area contributed by atoms with Gasteiger partial charge in [-0.15, -0.1) is 0 Å². The molecule has 0 aliphatic heterocycles. The Morgan fingerprint density at radius 3 is 2.42 bits per heavy atom. The van der Waals surface area contributed by atoms with E-state index in [2.05, 4.69) is 25.9 Å². The highest BCUT2D eigenvalue weighted by Gasteiger charge is 2.31. The lowest BCUT2D eigenvalue weighted by molar-refractivity contribution is -0.137. The zero-order valence-electron chi connectivity index (χ0n) is 16.8. The third kappa shape index (κ3) is 5.41. The van der Waals surface area contributed by atoms with E-state index in [1.54, 1.807) is 6.07 Å². The molecular formula is C20H23F3N6O2. The van der Waals surface area contributed by atoms with Crippen LogP contribution in [0.4, 0.5) is 30.5 Å². The van der Waals surface area contributed by atoms with Crippen molar-refractivity contribution in [2.45, 2.75) is 37.9 Å². The summed E-state index contributed by atoms with van der Waals surface area (Å²) in [4.78, 5) is 32.0. The fourth-order valence-corrected chi connectivity index (χ4v) is 3.57. The normalized spacial score (nSPS) is 18.8. The van der Waals surface area contributed by atoms with Gasteiger partial charge in [-0.3, -0.25) is 9.59 Å². The van der Waals surface area contributed by atoms with Gasteiger partial charge in [0.15, 0.2) is 0 Å². The Kier molecular flexibility index (Phi) is 6.62. The fraction of sp³-hybridized carbons (Fsp3) is 0.400. The molecule has 11 heteroatoms. The standard InChI is InChI=1S/C20H23F3N6O2/c1-25-19(31)13-10-27-17(29-16-7-6-11(9-26-16)20(21,22)23)8-15(13)28-14-5-3-2-4-12(14)18(24)30/h6-10,12,14H,2-5H2,1H3,(H2,24,30)(H,25,31)(H2,26,27,28,29)/t12-,14+/m1/s1. The SMILES string of the molecule is CNC(=O)c1cnc(Nc2ccc(C(F)(F)F)cn2)cc1N[C@H]1CCCC[C@H]1C(N)=O. The van der Waals surface area contributed by atoms with Crippen LogP contribution in [0, 0.1) is 5.92 Å². The van der Waals surface area contributed by atoms with Crippen molar-refractivity contribution in [3.63, 3.8) is 0 Å². The van der Waals surface area contributed by atoms with Gasteiger partial charge in [0, 0.05) is 31.5 Å². The van der Waals surface area contributed by atoms with Crippen LogP contribution in [0.1, 0.15) is 41.6 Å². The number of aromatic nitrogens is 2. The highest BCUT2D eigenvalue weighted by molar-refractivity contribution is 5.99. The molecule has 2 heterocycles. The van der Waals surface area contributed by atoms with Gasteiger partial charge in [0.05, 0.1) is 22.7 Å². The molecule has 5 N–H and O–H groups in total. The quantitative estimate of drug-likeness (QED) is 0.552. The van der Waals surface area contributed by atoms with Crippen molar-refractivity contribution in [2.75, 3.05) is 17.7 Å². The van der Waals surface area contributed by atoms with Crippen LogP contribution in [-0.4, -0.2) is 34.9 Å². The zero-order valence-corrected chi connectivity index (χ0v) is 16.8. The molecule has 166 valence electrons. The van der Waals surface area contributed by atoms with E-state index in [9.17, 15) is 22.8 Å². The largest absolute Gasteiger partial charge is 0.417 e. The van der Waals surface area contributed by atoms with E-state index in [1.165, 1.54) is 19.3 Å². The maximum absolute atomic E-state index is 12.7. The summed E-state index contributed by atoms with van der Waals surface area (Å²) in [7, 11) is 1.48. The van der Waals surface area contributed by atoms with Gasteiger partial charge in [0.25, 0.3) is 5.91 Å². The highest BCUT2D eigenvalue weighted by Crippen LogP contribution is 2.31. The summed E-state index contributed by atoms with van der Waals surface area (Å²) in [6.45, 7) is 0. The van der Waals surface area contributed by atoms with E-state index >= 15 is 0 Å². The predicted molar refractivity (Wildman–Crippen MR) is 109 cm³/mol. The number of amides is 2. The van der Waals surface area contributed by atoms with Gasteiger partial charge >= 0.3 is 6.18 Å². The third-order valence-electron chi connectivity index (χ3n) is 5.19. The Balaban J connectivity index is 1.86. The Morgan fingerprint density at radius 2 is 1.81 bits per heavy atom. The van der Waals surface area contributed by atoms with Gasteiger partial charge < -0.3 is 21.7 Å². The second-order valence-corrected chi connectivity index (χ2v) is 7.29. The van der Waals surface area contributed by atoms with Crippen LogP contribution < -0.4 is 21.7 Å². The van der Waals surface area contributed by atoms with Gasteiger partial charge in [-0.05, 0) is 25.0 Å². The Morgan fingerprint density at radius 1 is 1.10 bits per heavy atom. The number of pyridine rings is 2. The summed E-state index contributed by atoms with van der Waals surface area (Å²) in [5, 5.41) is 8.60. The van der Waals surface area contributed by atoms with Crippen LogP contribution in [0.25, 0.3) is 0 Å². The molecule has 2 aromatic heterocycles. The molecule has 1 aliphatic carbocycles. The number of nitrogens with two attached hydrogens (primary N) is 1. The van der Waals surface area contributed by atoms with Gasteiger partial charge in [0.1, 0.15) is 11.6 Å². The van der Waals surface area contributed by atoms with Crippen molar-refractivity contribution in [1.29, 1.82) is 0 Å². The summed E-state index contributed by atoms with van der Waals surface area (Å²) in [6.07, 6.45) is 0.780. The average molecular weight is 436 g/mol. The van der Waals surface area contributed by atoms with Crippen molar-refractivity contribution in [2.24, 2.45) is 11.7 Å². The lowest BCUT2D eigenvalue weighted by Crippen LogP contribution is -2.41. The molecule has 0 spiro atoms. The molecular weight excluding hydrogens is 413 g/mol. The van der Waals surface area contributed by atoms with E-state index in [1.807, 2.05) is 0 Å².